The number of nitrogens with zero attached hydrogens (tertiary/aromatic N) is 2. The second-order valence-electron chi connectivity index (χ2n) is 4.29. The Kier molecular flexibility index (Phi) is 3.97. The van der Waals surface area contributed by atoms with E-state index < -0.39 is 0 Å². The lowest BCUT2D eigenvalue weighted by atomic mass is 10.2. The molecule has 0 aromatic heterocycles. The van der Waals surface area contributed by atoms with Gasteiger partial charge >= 0.3 is 0 Å². The summed E-state index contributed by atoms with van der Waals surface area (Å²) in [5, 5.41) is 0. The Morgan fingerprint density at radius 3 is 2.33 bits per heavy atom. The predicted molar refractivity (Wildman–Crippen MR) is 70.0 cm³/mol. The molecule has 3 nitrogen and oxygen atoms in total. The molecule has 4 heteroatoms. The minimum atomic E-state index is -0.222. The van der Waals surface area contributed by atoms with E-state index in [1.807, 2.05) is 11.8 Å². The van der Waals surface area contributed by atoms with E-state index in [0.29, 0.717) is 13.1 Å². The molecule has 0 radical (unpaired) electrons. The van der Waals surface area contributed by atoms with E-state index in [4.69, 9.17) is 0 Å². The van der Waals surface area contributed by atoms with Crippen LogP contribution in [0.2, 0.25) is 0 Å². The first-order chi connectivity index (χ1) is 8.70. The first-order valence-electron chi connectivity index (χ1n) is 6.13. The van der Waals surface area contributed by atoms with E-state index in [1.54, 1.807) is 24.3 Å². The molecule has 1 fully saturated rings. The highest BCUT2D eigenvalue weighted by Gasteiger charge is 2.19. The Morgan fingerprint density at radius 1 is 1.17 bits per heavy atom. The van der Waals surface area contributed by atoms with Gasteiger partial charge in [0.05, 0.1) is 0 Å². The number of carbonyl (C=O) groups is 1. The number of carbonyl (C=O) groups excluding carboxylic acids is 1. The summed E-state index contributed by atoms with van der Waals surface area (Å²) in [6.07, 6.45) is 3.35. The van der Waals surface area contributed by atoms with Gasteiger partial charge in [0.25, 0.3) is 0 Å². The van der Waals surface area contributed by atoms with E-state index in [9.17, 15) is 9.18 Å². The van der Waals surface area contributed by atoms with Crippen LogP contribution in [0.25, 0.3) is 0 Å². The Morgan fingerprint density at radius 2 is 1.78 bits per heavy atom. The maximum atomic E-state index is 12.8. The summed E-state index contributed by atoms with van der Waals surface area (Å²) in [5.41, 5.74) is 1.01. The lowest BCUT2D eigenvalue weighted by molar-refractivity contribution is -0.126. The summed E-state index contributed by atoms with van der Waals surface area (Å²) in [4.78, 5) is 15.7. The van der Waals surface area contributed by atoms with E-state index >= 15 is 0 Å². The lowest BCUT2D eigenvalue weighted by Gasteiger charge is -2.35. The number of benzene rings is 1. The number of halogens is 1. The largest absolute Gasteiger partial charge is 0.368 e. The summed E-state index contributed by atoms with van der Waals surface area (Å²) in [7, 11) is 0. The van der Waals surface area contributed by atoms with Crippen LogP contribution in [-0.2, 0) is 4.79 Å². The van der Waals surface area contributed by atoms with Crippen molar-refractivity contribution >= 4 is 11.6 Å². The summed E-state index contributed by atoms with van der Waals surface area (Å²) in [6, 6.07) is 6.48. The Bertz CT molecular complexity index is 434. The molecule has 1 aliphatic heterocycles. The van der Waals surface area contributed by atoms with Gasteiger partial charge in [-0.25, -0.2) is 4.39 Å². The minimum absolute atomic E-state index is 0.0660. The average molecular weight is 248 g/mol. The molecule has 0 atom stereocenters. The molecule has 0 unspecified atom stereocenters. The van der Waals surface area contributed by atoms with Crippen LogP contribution >= 0.6 is 0 Å². The van der Waals surface area contributed by atoms with Crippen LogP contribution in [0.5, 0.6) is 0 Å². The third kappa shape index (κ3) is 2.88. The predicted octanol–water partition coefficient (Wildman–Crippen LogP) is 2.05. The Balaban J connectivity index is 1.94. The molecule has 1 heterocycles. The Labute approximate surface area is 107 Å². The van der Waals surface area contributed by atoms with E-state index in [-0.39, 0.29) is 11.7 Å². The van der Waals surface area contributed by atoms with Gasteiger partial charge in [-0.3, -0.25) is 4.79 Å². The van der Waals surface area contributed by atoms with Gasteiger partial charge in [-0.1, -0.05) is 6.08 Å². The summed E-state index contributed by atoms with van der Waals surface area (Å²) >= 11 is 0. The second kappa shape index (κ2) is 5.67. The zero-order chi connectivity index (χ0) is 13.0. The van der Waals surface area contributed by atoms with Gasteiger partial charge in [0.1, 0.15) is 5.82 Å². The highest BCUT2D eigenvalue weighted by Crippen LogP contribution is 2.16. The summed E-state index contributed by atoms with van der Waals surface area (Å²) in [5.74, 6) is -0.156. The number of piperazine rings is 1. The van der Waals surface area contributed by atoms with Crippen molar-refractivity contribution in [2.75, 3.05) is 31.1 Å². The minimum Gasteiger partial charge on any atom is -0.368 e. The van der Waals surface area contributed by atoms with Gasteiger partial charge in [-0.05, 0) is 37.3 Å². The fraction of sp³-hybridized carbons (Fsp3) is 0.357. The molecule has 0 bridgehead atoms. The van der Waals surface area contributed by atoms with Gasteiger partial charge in [-0.2, -0.15) is 0 Å². The molecular weight excluding hydrogens is 231 g/mol. The molecule has 0 spiro atoms. The monoisotopic (exact) mass is 248 g/mol. The quantitative estimate of drug-likeness (QED) is 0.748. The van der Waals surface area contributed by atoms with Crippen LogP contribution in [0.4, 0.5) is 10.1 Å². The van der Waals surface area contributed by atoms with E-state index in [0.717, 1.165) is 18.8 Å². The van der Waals surface area contributed by atoms with Crippen molar-refractivity contribution in [2.45, 2.75) is 6.92 Å². The number of hydrogen-bond acceptors (Lipinski definition) is 2. The van der Waals surface area contributed by atoms with Crippen molar-refractivity contribution in [3.05, 3.63) is 42.2 Å². The Hall–Kier alpha value is -1.84. The topological polar surface area (TPSA) is 23.6 Å². The fourth-order valence-electron chi connectivity index (χ4n) is 2.08. The number of anilines is 1. The van der Waals surface area contributed by atoms with Crippen molar-refractivity contribution in [3.8, 4) is 0 Å². The fourth-order valence-corrected chi connectivity index (χ4v) is 2.08. The van der Waals surface area contributed by atoms with Gasteiger partial charge in [0.2, 0.25) is 5.91 Å². The molecular formula is C14H17FN2O. The summed E-state index contributed by atoms with van der Waals surface area (Å²) in [6.45, 7) is 4.83. The molecule has 1 aliphatic rings. The normalized spacial score (nSPS) is 16.3. The first-order valence-corrected chi connectivity index (χ1v) is 6.13. The molecule has 1 amide bonds. The van der Waals surface area contributed by atoms with Gasteiger partial charge in [0, 0.05) is 31.9 Å². The number of amides is 1. The molecule has 1 aromatic carbocycles. The smallest absolute Gasteiger partial charge is 0.246 e. The molecule has 2 rings (SSSR count). The van der Waals surface area contributed by atoms with Gasteiger partial charge < -0.3 is 9.80 Å². The van der Waals surface area contributed by atoms with Crippen LogP contribution in [0.15, 0.2) is 36.4 Å². The van der Waals surface area contributed by atoms with Crippen LogP contribution in [0.1, 0.15) is 6.92 Å². The highest BCUT2D eigenvalue weighted by atomic mass is 19.1. The maximum absolute atomic E-state index is 12.8. The van der Waals surface area contributed by atoms with E-state index in [1.165, 1.54) is 12.1 Å². The van der Waals surface area contributed by atoms with E-state index in [2.05, 4.69) is 4.90 Å². The van der Waals surface area contributed by atoms with Crippen molar-refractivity contribution in [2.24, 2.45) is 0 Å². The summed E-state index contributed by atoms with van der Waals surface area (Å²) < 4.78 is 12.8. The van der Waals surface area contributed by atoms with Crippen molar-refractivity contribution in [3.63, 3.8) is 0 Å². The van der Waals surface area contributed by atoms with Gasteiger partial charge in [0.15, 0.2) is 0 Å². The highest BCUT2D eigenvalue weighted by molar-refractivity contribution is 5.87. The maximum Gasteiger partial charge on any atom is 0.246 e. The molecule has 1 saturated heterocycles. The third-order valence-corrected chi connectivity index (χ3v) is 3.09. The third-order valence-electron chi connectivity index (χ3n) is 3.09. The number of allylic oxidation sites excluding steroid dienone is 1. The van der Waals surface area contributed by atoms with Crippen LogP contribution in [0.3, 0.4) is 0 Å². The zero-order valence-corrected chi connectivity index (χ0v) is 10.5. The standard InChI is InChI=1S/C14H17FN2O/c1-2-3-14(18)17-10-8-16(9-11-17)13-6-4-12(15)5-7-13/h2-7H,8-11H2,1H3/b3-2-. The number of hydrogen-bond donors (Lipinski definition) is 0. The zero-order valence-electron chi connectivity index (χ0n) is 10.5. The molecule has 0 aliphatic carbocycles. The van der Waals surface area contributed by atoms with Gasteiger partial charge in [-0.15, -0.1) is 0 Å². The second-order valence-corrected chi connectivity index (χ2v) is 4.29. The lowest BCUT2D eigenvalue weighted by Crippen LogP contribution is -2.48. The SMILES string of the molecule is C/C=C\C(=O)N1CCN(c2ccc(F)cc2)CC1. The molecule has 1 aromatic rings. The molecule has 0 N–H and O–H groups in total. The number of rotatable bonds is 2. The van der Waals surface area contributed by atoms with Crippen LogP contribution < -0.4 is 4.90 Å². The van der Waals surface area contributed by atoms with Crippen molar-refractivity contribution < 1.29 is 9.18 Å². The van der Waals surface area contributed by atoms with Crippen molar-refractivity contribution in [1.29, 1.82) is 0 Å². The average Bonchev–Trinajstić information content (AvgIpc) is 2.40. The molecule has 0 saturated carbocycles. The van der Waals surface area contributed by atoms with Crippen LogP contribution in [0, 0.1) is 5.82 Å². The first kappa shape index (κ1) is 12.6. The molecule has 96 valence electrons. The molecule has 18 heavy (non-hydrogen) atoms. The van der Waals surface area contributed by atoms with Crippen LogP contribution in [-0.4, -0.2) is 37.0 Å². The van der Waals surface area contributed by atoms with Crippen molar-refractivity contribution in [1.82, 2.24) is 4.90 Å².